The number of hydrogen-bond donors (Lipinski definition) is 3. The fourth-order valence-corrected chi connectivity index (χ4v) is 5.54. The summed E-state index contributed by atoms with van der Waals surface area (Å²) in [6.07, 6.45) is -1.36. The first-order valence-corrected chi connectivity index (χ1v) is 16.3. The molecular weight excluding hydrogens is 738 g/mol. The van der Waals surface area contributed by atoms with Gasteiger partial charge in [0.15, 0.2) is 11.5 Å². The Kier molecular flexibility index (Phi) is 14.6. The van der Waals surface area contributed by atoms with Gasteiger partial charge >= 0.3 is 65.2 Å². The fourth-order valence-electron chi connectivity index (χ4n) is 4.12. The number of anilines is 3. The maximum absolute atomic E-state index is 13.6. The molecule has 16 nitrogen and oxygen atoms in total. The van der Waals surface area contributed by atoms with E-state index >= 15 is 0 Å². The van der Waals surface area contributed by atoms with Crippen molar-refractivity contribution in [1.29, 1.82) is 0 Å². The summed E-state index contributed by atoms with van der Waals surface area (Å²) in [5, 5.41) is 24.5. The molecule has 0 aliphatic carbocycles. The van der Waals surface area contributed by atoms with Crippen LogP contribution in [0, 0.1) is 18.9 Å². The van der Waals surface area contributed by atoms with E-state index in [2.05, 4.69) is 30.8 Å². The van der Waals surface area contributed by atoms with Crippen LogP contribution in [0.15, 0.2) is 62.4 Å². The SMILES string of the molecule is CCn1c([O-])c(CS(=O)(=O)[O-])c(C)c(N=Nc2cc(NC(=O)c3ccc(Nc4nc(F)nc(F)c4Cl)cc3)ccc2S(=O)(=O)O)c1=O.[Na+].[Na+]. The molecular formula is C26H20ClF2N7Na2O9S2. The molecule has 0 fully saturated rings. The molecule has 1 amide bonds. The molecule has 0 radical (unpaired) electrons. The zero-order chi connectivity index (χ0) is 34.8. The summed E-state index contributed by atoms with van der Waals surface area (Å²) in [5.74, 6) is -4.66. The summed E-state index contributed by atoms with van der Waals surface area (Å²) in [7, 11) is -9.90. The summed E-state index contributed by atoms with van der Waals surface area (Å²) in [5.41, 5.74) is -2.77. The van der Waals surface area contributed by atoms with Gasteiger partial charge < -0.3 is 24.9 Å². The summed E-state index contributed by atoms with van der Waals surface area (Å²) in [6.45, 7) is 2.32. The first-order chi connectivity index (χ1) is 21.9. The molecule has 0 aliphatic heterocycles. The number of carbonyl (C=O) groups excluding carboxylic acids is 1. The van der Waals surface area contributed by atoms with E-state index in [-0.39, 0.29) is 94.0 Å². The average Bonchev–Trinajstić information content (AvgIpc) is 2.97. The van der Waals surface area contributed by atoms with Crippen LogP contribution < -0.4 is 80.4 Å². The molecule has 2 aromatic carbocycles. The molecule has 4 aromatic rings. The molecule has 0 atom stereocenters. The molecule has 0 aliphatic rings. The predicted octanol–water partition coefficient (Wildman–Crippen LogP) is -2.32. The zero-order valence-electron chi connectivity index (χ0n) is 25.9. The molecule has 23 heteroatoms. The van der Waals surface area contributed by atoms with Gasteiger partial charge in [0.25, 0.3) is 21.6 Å². The quantitative estimate of drug-likeness (QED) is 0.0508. The van der Waals surface area contributed by atoms with E-state index in [9.17, 15) is 49.4 Å². The largest absolute Gasteiger partial charge is 1.00 e. The van der Waals surface area contributed by atoms with Gasteiger partial charge in [-0.3, -0.25) is 14.1 Å². The number of rotatable bonds is 10. The molecule has 248 valence electrons. The van der Waals surface area contributed by atoms with Crippen molar-refractivity contribution in [3.8, 4) is 5.88 Å². The Labute approximate surface area is 326 Å². The number of pyridine rings is 1. The Morgan fingerprint density at radius 1 is 1.04 bits per heavy atom. The molecule has 0 saturated carbocycles. The summed E-state index contributed by atoms with van der Waals surface area (Å²) >= 11 is 5.74. The number of amides is 1. The molecule has 0 unspecified atom stereocenters. The van der Waals surface area contributed by atoms with Crippen LogP contribution in [0.2, 0.25) is 5.02 Å². The fraction of sp³-hybridized carbons (Fsp3) is 0.154. The smallest absolute Gasteiger partial charge is 0.860 e. The molecule has 0 spiro atoms. The molecule has 2 aromatic heterocycles. The number of carbonyl (C=O) groups is 1. The Morgan fingerprint density at radius 3 is 2.22 bits per heavy atom. The number of aromatic nitrogens is 3. The number of azo groups is 1. The number of hydrogen-bond acceptors (Lipinski definition) is 13. The van der Waals surface area contributed by atoms with E-state index in [0.717, 1.165) is 25.1 Å². The molecule has 3 N–H and O–H groups in total. The molecule has 0 bridgehead atoms. The van der Waals surface area contributed by atoms with E-state index < -0.39 is 82.2 Å². The van der Waals surface area contributed by atoms with Crippen LogP contribution in [-0.4, -0.2) is 46.4 Å². The van der Waals surface area contributed by atoms with Gasteiger partial charge in [-0.1, -0.05) is 11.6 Å². The van der Waals surface area contributed by atoms with Crippen LogP contribution in [0.3, 0.4) is 0 Å². The second-order valence-electron chi connectivity index (χ2n) is 9.47. The zero-order valence-corrected chi connectivity index (χ0v) is 32.2. The van der Waals surface area contributed by atoms with Gasteiger partial charge in [-0.15, -0.1) is 10.2 Å². The molecule has 4 rings (SSSR count). The minimum atomic E-state index is -4.96. The summed E-state index contributed by atoms with van der Waals surface area (Å²) in [4.78, 5) is 31.2. The maximum Gasteiger partial charge on any atom is 1.00 e. The second-order valence-corrected chi connectivity index (χ2v) is 12.6. The number of nitrogens with one attached hydrogen (secondary N) is 2. The minimum absolute atomic E-state index is 0. The summed E-state index contributed by atoms with van der Waals surface area (Å²) in [6, 6.07) is 8.31. The van der Waals surface area contributed by atoms with Crippen LogP contribution in [0.25, 0.3) is 0 Å². The van der Waals surface area contributed by atoms with E-state index in [0.29, 0.717) is 4.57 Å². The van der Waals surface area contributed by atoms with E-state index in [1.54, 1.807) is 0 Å². The van der Waals surface area contributed by atoms with E-state index in [1.807, 2.05) is 0 Å². The summed E-state index contributed by atoms with van der Waals surface area (Å²) < 4.78 is 95.5. The monoisotopic (exact) mass is 757 g/mol. The topological polar surface area (TPSA) is 248 Å². The van der Waals surface area contributed by atoms with Crippen molar-refractivity contribution in [2.24, 2.45) is 10.2 Å². The second kappa shape index (κ2) is 16.9. The van der Waals surface area contributed by atoms with E-state index in [4.69, 9.17) is 11.6 Å². The average molecular weight is 758 g/mol. The van der Waals surface area contributed by atoms with Crippen molar-refractivity contribution in [2.45, 2.75) is 31.0 Å². The van der Waals surface area contributed by atoms with Gasteiger partial charge in [0.05, 0.1) is 15.9 Å². The first kappa shape index (κ1) is 42.3. The maximum atomic E-state index is 13.6. The van der Waals surface area contributed by atoms with Gasteiger partial charge in [-0.2, -0.15) is 27.2 Å². The van der Waals surface area contributed by atoms with Crippen molar-refractivity contribution >= 4 is 66.3 Å². The van der Waals surface area contributed by atoms with Crippen molar-refractivity contribution in [1.82, 2.24) is 14.5 Å². The van der Waals surface area contributed by atoms with Crippen molar-refractivity contribution in [3.63, 3.8) is 0 Å². The van der Waals surface area contributed by atoms with Gasteiger partial charge in [0, 0.05) is 23.5 Å². The van der Waals surface area contributed by atoms with Gasteiger partial charge in [0.2, 0.25) is 5.95 Å². The third kappa shape index (κ3) is 10.3. The number of benzene rings is 2. The molecule has 2 heterocycles. The van der Waals surface area contributed by atoms with Crippen LogP contribution >= 0.6 is 11.6 Å². The van der Waals surface area contributed by atoms with Crippen LogP contribution in [0.1, 0.15) is 28.4 Å². The van der Waals surface area contributed by atoms with Crippen LogP contribution in [0.4, 0.5) is 37.3 Å². The van der Waals surface area contributed by atoms with Crippen molar-refractivity contribution in [2.75, 3.05) is 10.6 Å². The predicted molar refractivity (Wildman–Crippen MR) is 159 cm³/mol. The van der Waals surface area contributed by atoms with Gasteiger partial charge in [-0.25, -0.2) is 8.42 Å². The number of nitrogens with zero attached hydrogens (tertiary/aromatic N) is 5. The Morgan fingerprint density at radius 2 is 1.65 bits per heavy atom. The minimum Gasteiger partial charge on any atom is -0.860 e. The van der Waals surface area contributed by atoms with Crippen LogP contribution in [-0.2, 0) is 32.5 Å². The normalized spacial score (nSPS) is 11.5. The van der Waals surface area contributed by atoms with Gasteiger partial charge in [0.1, 0.15) is 15.6 Å². The molecule has 0 saturated heterocycles. The van der Waals surface area contributed by atoms with Gasteiger partial charge in [-0.05, 0) is 73.3 Å². The standard InChI is InChI=1S/C26H22ClF2N7O9S2.2Na/c1-3-36-24(38)16(11-46(40,41)42)12(2)20(25(36)39)35-34-17-10-15(8-9-18(17)47(43,44)45)31-23(37)13-4-6-14(7-5-13)30-22-19(27)21(28)32-26(29)33-22;;/h4-10,38H,3,11H2,1-2H3,(H,31,37)(H,30,32,33)(H,40,41,42)(H,43,44,45);;/q;2*+1/p-2. The van der Waals surface area contributed by atoms with Crippen molar-refractivity contribution in [3.05, 3.63) is 86.6 Å². The van der Waals surface area contributed by atoms with Crippen LogP contribution in [0.5, 0.6) is 5.88 Å². The third-order valence-corrected chi connectivity index (χ3v) is 8.22. The first-order valence-electron chi connectivity index (χ1n) is 12.9. The van der Waals surface area contributed by atoms with Crippen molar-refractivity contribution < 1.29 is 104 Å². The third-order valence-electron chi connectivity index (χ3n) is 6.34. The van der Waals surface area contributed by atoms with E-state index in [1.165, 1.54) is 31.2 Å². The Bertz CT molecular complexity index is 2230. The number of halogens is 3. The molecule has 49 heavy (non-hydrogen) atoms. The Hall–Kier alpha value is -2.89. The Balaban J connectivity index is 0.00000417.